The van der Waals surface area contributed by atoms with Crippen LogP contribution in [0.3, 0.4) is 0 Å². The number of alkyl halides is 1. The lowest BCUT2D eigenvalue weighted by Crippen LogP contribution is -2.34. The van der Waals surface area contributed by atoms with E-state index in [2.05, 4.69) is 11.9 Å². The van der Waals surface area contributed by atoms with E-state index in [1.54, 1.807) is 16.4 Å². The summed E-state index contributed by atoms with van der Waals surface area (Å²) in [6, 6.07) is 3.44. The molecule has 1 aromatic heterocycles. The average Bonchev–Trinajstić information content (AvgIpc) is 3.23. The van der Waals surface area contributed by atoms with Crippen molar-refractivity contribution in [3.05, 3.63) is 23.9 Å². The van der Waals surface area contributed by atoms with Crippen LogP contribution in [0.15, 0.2) is 23.4 Å². The molecule has 0 spiro atoms. The fourth-order valence-corrected chi connectivity index (χ4v) is 3.74. The average molecular weight is 303 g/mol. The van der Waals surface area contributed by atoms with Crippen LogP contribution in [0.5, 0.6) is 0 Å². The van der Waals surface area contributed by atoms with Gasteiger partial charge in [0.05, 0.1) is 0 Å². The topological polar surface area (TPSA) is 50.3 Å². The van der Waals surface area contributed by atoms with Gasteiger partial charge < -0.3 is 0 Å². The lowest BCUT2D eigenvalue weighted by atomic mass is 10.3. The number of sulfonamides is 1. The lowest BCUT2D eigenvalue weighted by Gasteiger charge is -2.21. The second-order valence-electron chi connectivity index (χ2n) is 4.84. The predicted molar refractivity (Wildman–Crippen MR) is 75.6 cm³/mol. The van der Waals surface area contributed by atoms with Gasteiger partial charge in [0, 0.05) is 24.7 Å². The first-order valence-corrected chi connectivity index (χ1v) is 8.59. The minimum atomic E-state index is -3.46. The molecular formula is C13H19ClN2O2S. The molecule has 0 atom stereocenters. The Kier molecular flexibility index (Phi) is 4.81. The van der Waals surface area contributed by atoms with E-state index in [-0.39, 0.29) is 11.1 Å². The molecule has 1 heterocycles. The SMILES string of the molecule is CCCCN(C1CC1)S(=O)(=O)c1ccc(CCl)cn1. The lowest BCUT2D eigenvalue weighted by molar-refractivity contribution is 0.394. The Morgan fingerprint density at radius 3 is 2.63 bits per heavy atom. The number of unbranched alkanes of at least 4 members (excludes halogenated alkanes) is 1. The van der Waals surface area contributed by atoms with Gasteiger partial charge >= 0.3 is 0 Å². The zero-order valence-electron chi connectivity index (χ0n) is 11.0. The van der Waals surface area contributed by atoms with Crippen molar-refractivity contribution < 1.29 is 8.42 Å². The van der Waals surface area contributed by atoms with E-state index in [4.69, 9.17) is 11.6 Å². The molecule has 106 valence electrons. The molecule has 1 aromatic rings. The molecule has 0 amide bonds. The molecule has 1 fully saturated rings. The first-order valence-electron chi connectivity index (χ1n) is 6.62. The summed E-state index contributed by atoms with van der Waals surface area (Å²) in [6.07, 6.45) is 5.32. The van der Waals surface area contributed by atoms with Crippen molar-refractivity contribution in [2.24, 2.45) is 0 Å². The van der Waals surface area contributed by atoms with Crippen LogP contribution in [-0.2, 0) is 15.9 Å². The number of pyridine rings is 1. The highest BCUT2D eigenvalue weighted by Gasteiger charge is 2.38. The van der Waals surface area contributed by atoms with Crippen molar-refractivity contribution in [2.45, 2.75) is 49.6 Å². The monoisotopic (exact) mass is 302 g/mol. The Morgan fingerprint density at radius 1 is 1.42 bits per heavy atom. The van der Waals surface area contributed by atoms with E-state index in [9.17, 15) is 8.42 Å². The van der Waals surface area contributed by atoms with E-state index >= 15 is 0 Å². The largest absolute Gasteiger partial charge is 0.260 e. The standard InChI is InChI=1S/C13H19ClN2O2S/c1-2-3-8-16(12-5-6-12)19(17,18)13-7-4-11(9-14)10-15-13/h4,7,10,12H,2-3,5-6,8-9H2,1H3. The van der Waals surface area contributed by atoms with Gasteiger partial charge in [-0.25, -0.2) is 13.4 Å². The summed E-state index contributed by atoms with van der Waals surface area (Å²) in [6.45, 7) is 2.65. The van der Waals surface area contributed by atoms with Gasteiger partial charge in [0.2, 0.25) is 0 Å². The molecule has 4 nitrogen and oxygen atoms in total. The summed E-state index contributed by atoms with van der Waals surface area (Å²) >= 11 is 5.69. The molecule has 2 rings (SSSR count). The van der Waals surface area contributed by atoms with Crippen LogP contribution < -0.4 is 0 Å². The fourth-order valence-electron chi connectivity index (χ4n) is 1.94. The molecule has 0 saturated heterocycles. The van der Waals surface area contributed by atoms with Crippen LogP contribution >= 0.6 is 11.6 Å². The van der Waals surface area contributed by atoms with Gasteiger partial charge in [-0.15, -0.1) is 11.6 Å². The van der Waals surface area contributed by atoms with Crippen molar-refractivity contribution in [1.82, 2.24) is 9.29 Å². The van der Waals surface area contributed by atoms with E-state index in [0.29, 0.717) is 12.4 Å². The Labute approximate surface area is 119 Å². The van der Waals surface area contributed by atoms with Crippen LogP contribution in [0, 0.1) is 0 Å². The number of hydrogen-bond donors (Lipinski definition) is 0. The molecule has 6 heteroatoms. The highest BCUT2D eigenvalue weighted by molar-refractivity contribution is 7.89. The summed E-state index contributed by atoms with van der Waals surface area (Å²) in [4.78, 5) is 4.05. The Morgan fingerprint density at radius 2 is 2.16 bits per heavy atom. The zero-order chi connectivity index (χ0) is 13.9. The molecule has 0 radical (unpaired) electrons. The van der Waals surface area contributed by atoms with Gasteiger partial charge in [-0.2, -0.15) is 4.31 Å². The maximum Gasteiger partial charge on any atom is 0.260 e. The minimum absolute atomic E-state index is 0.129. The quantitative estimate of drug-likeness (QED) is 0.728. The number of halogens is 1. The van der Waals surface area contributed by atoms with E-state index in [0.717, 1.165) is 31.2 Å². The van der Waals surface area contributed by atoms with Crippen molar-refractivity contribution in [3.63, 3.8) is 0 Å². The second-order valence-corrected chi connectivity index (χ2v) is 6.94. The highest BCUT2D eigenvalue weighted by Crippen LogP contribution is 2.31. The van der Waals surface area contributed by atoms with E-state index in [1.165, 1.54) is 6.20 Å². The van der Waals surface area contributed by atoms with Gasteiger partial charge in [0.15, 0.2) is 5.03 Å². The minimum Gasteiger partial charge on any atom is -0.243 e. The van der Waals surface area contributed by atoms with E-state index < -0.39 is 10.0 Å². The van der Waals surface area contributed by atoms with Crippen LogP contribution in [0.4, 0.5) is 0 Å². The van der Waals surface area contributed by atoms with Crippen LogP contribution in [0.2, 0.25) is 0 Å². The Hall–Kier alpha value is -0.650. The summed E-state index contributed by atoms with van der Waals surface area (Å²) in [5.41, 5.74) is 0.826. The first kappa shape index (κ1) is 14.8. The molecule has 0 aromatic carbocycles. The van der Waals surface area contributed by atoms with Crippen molar-refractivity contribution in [1.29, 1.82) is 0 Å². The predicted octanol–water partition coefficient (Wildman–Crippen LogP) is 2.77. The molecule has 1 aliphatic carbocycles. The number of nitrogens with zero attached hydrogens (tertiary/aromatic N) is 2. The maximum atomic E-state index is 12.5. The molecular weight excluding hydrogens is 284 g/mol. The van der Waals surface area contributed by atoms with Crippen molar-refractivity contribution in [3.8, 4) is 0 Å². The molecule has 0 aliphatic heterocycles. The Balaban J connectivity index is 2.22. The molecule has 1 aliphatic rings. The van der Waals surface area contributed by atoms with Crippen LogP contribution in [0.1, 0.15) is 38.2 Å². The smallest absolute Gasteiger partial charge is 0.243 e. The third-order valence-corrected chi connectivity index (χ3v) is 5.39. The fraction of sp³-hybridized carbons (Fsp3) is 0.615. The van der Waals surface area contributed by atoms with Crippen molar-refractivity contribution >= 4 is 21.6 Å². The molecule has 0 bridgehead atoms. The highest BCUT2D eigenvalue weighted by atomic mass is 35.5. The normalized spacial score (nSPS) is 15.9. The zero-order valence-corrected chi connectivity index (χ0v) is 12.6. The van der Waals surface area contributed by atoms with Gasteiger partial charge in [0.25, 0.3) is 10.0 Å². The summed E-state index contributed by atoms with van der Waals surface area (Å²) in [7, 11) is -3.46. The Bertz CT molecular complexity index is 512. The molecule has 0 N–H and O–H groups in total. The first-order chi connectivity index (χ1) is 9.09. The van der Waals surface area contributed by atoms with Gasteiger partial charge in [0.1, 0.15) is 0 Å². The van der Waals surface area contributed by atoms with E-state index in [1.807, 2.05) is 0 Å². The van der Waals surface area contributed by atoms with Crippen molar-refractivity contribution in [2.75, 3.05) is 6.54 Å². The second kappa shape index (κ2) is 6.20. The maximum absolute atomic E-state index is 12.5. The van der Waals surface area contributed by atoms with Crippen LogP contribution in [0.25, 0.3) is 0 Å². The van der Waals surface area contributed by atoms with Crippen LogP contribution in [-0.4, -0.2) is 30.3 Å². The number of hydrogen-bond acceptors (Lipinski definition) is 3. The molecule has 19 heavy (non-hydrogen) atoms. The van der Waals surface area contributed by atoms with Gasteiger partial charge in [-0.3, -0.25) is 0 Å². The molecule has 1 saturated carbocycles. The van der Waals surface area contributed by atoms with Gasteiger partial charge in [-0.05, 0) is 30.9 Å². The third kappa shape index (κ3) is 3.46. The summed E-state index contributed by atoms with van der Waals surface area (Å²) in [5, 5.41) is 0.129. The summed E-state index contributed by atoms with van der Waals surface area (Å²) in [5.74, 6) is 0.343. The van der Waals surface area contributed by atoms with Gasteiger partial charge in [-0.1, -0.05) is 19.4 Å². The third-order valence-electron chi connectivity index (χ3n) is 3.21. The summed E-state index contributed by atoms with van der Waals surface area (Å²) < 4.78 is 26.7. The number of rotatable bonds is 7. The molecule has 0 unspecified atom stereocenters. The number of aromatic nitrogens is 1.